The van der Waals surface area contributed by atoms with Crippen LogP contribution in [0.3, 0.4) is 0 Å². The number of fused-ring (bicyclic) bond motifs is 3. The summed E-state index contributed by atoms with van der Waals surface area (Å²) in [7, 11) is 1.58. The molecule has 7 rings (SSSR count). The van der Waals surface area contributed by atoms with Gasteiger partial charge in [0.05, 0.1) is 24.9 Å². The van der Waals surface area contributed by atoms with E-state index < -0.39 is 47.6 Å². The summed E-state index contributed by atoms with van der Waals surface area (Å²) in [6.07, 6.45) is 9.71. The lowest BCUT2D eigenvalue weighted by atomic mass is 10.0. The third-order valence-corrected chi connectivity index (χ3v) is 11.7. The van der Waals surface area contributed by atoms with Crippen molar-refractivity contribution in [2.75, 3.05) is 19.0 Å². The molecule has 2 aliphatic heterocycles. The van der Waals surface area contributed by atoms with Crippen LogP contribution >= 0.6 is 11.3 Å². The first kappa shape index (κ1) is 38.4. The highest BCUT2D eigenvalue weighted by Gasteiger charge is 2.61. The van der Waals surface area contributed by atoms with E-state index in [2.05, 4.69) is 16.0 Å². The van der Waals surface area contributed by atoms with Gasteiger partial charge in [0.25, 0.3) is 0 Å². The molecule has 14 nitrogen and oxygen atoms in total. The van der Waals surface area contributed by atoms with Gasteiger partial charge >= 0.3 is 12.1 Å². The summed E-state index contributed by atoms with van der Waals surface area (Å²) in [6, 6.07) is 5.50. The minimum absolute atomic E-state index is 0.0324. The molecule has 1 aromatic carbocycles. The monoisotopic (exact) mass is 774 g/mol. The van der Waals surface area contributed by atoms with Crippen LogP contribution in [0.1, 0.15) is 84.5 Å². The summed E-state index contributed by atoms with van der Waals surface area (Å²) < 4.78 is 17.9. The number of carbonyl (C=O) groups is 4. The summed E-state index contributed by atoms with van der Waals surface area (Å²) in [4.78, 5) is 65.5. The lowest BCUT2D eigenvalue weighted by molar-refractivity contribution is -0.145. The Morgan fingerprint density at radius 2 is 1.84 bits per heavy atom. The van der Waals surface area contributed by atoms with Crippen LogP contribution in [-0.4, -0.2) is 93.4 Å². The van der Waals surface area contributed by atoms with Crippen molar-refractivity contribution in [1.29, 1.82) is 0 Å². The third-order valence-electron chi connectivity index (χ3n) is 10.9. The van der Waals surface area contributed by atoms with E-state index in [4.69, 9.17) is 24.2 Å². The quantitative estimate of drug-likeness (QED) is 0.186. The molecule has 3 fully saturated rings. The number of aromatic nitrogens is 2. The van der Waals surface area contributed by atoms with Crippen molar-refractivity contribution in [3.63, 3.8) is 0 Å². The van der Waals surface area contributed by atoms with Crippen molar-refractivity contribution < 1.29 is 38.5 Å². The Labute approximate surface area is 324 Å². The fourth-order valence-electron chi connectivity index (χ4n) is 7.90. The van der Waals surface area contributed by atoms with Gasteiger partial charge in [-0.1, -0.05) is 25.0 Å². The van der Waals surface area contributed by atoms with Gasteiger partial charge in [-0.25, -0.2) is 19.6 Å². The van der Waals surface area contributed by atoms with E-state index in [1.54, 1.807) is 7.11 Å². The smallest absolute Gasteiger partial charge is 0.408 e. The van der Waals surface area contributed by atoms with E-state index in [0.717, 1.165) is 50.1 Å². The summed E-state index contributed by atoms with van der Waals surface area (Å²) in [5.41, 5.74) is 0.394. The number of hydrogen-bond acceptors (Lipinski definition) is 11. The number of pyridine rings is 1. The zero-order valence-corrected chi connectivity index (χ0v) is 32.4. The van der Waals surface area contributed by atoms with Gasteiger partial charge in [-0.3, -0.25) is 9.59 Å². The Morgan fingerprint density at radius 1 is 1.04 bits per heavy atom. The highest BCUT2D eigenvalue weighted by molar-refractivity contribution is 7.14. The molecule has 0 bridgehead atoms. The summed E-state index contributed by atoms with van der Waals surface area (Å²) >= 11 is 1.47. The molecule has 55 heavy (non-hydrogen) atoms. The Bertz CT molecular complexity index is 1940. The molecule has 294 valence electrons. The molecule has 1 saturated heterocycles. The van der Waals surface area contributed by atoms with Crippen LogP contribution in [0.15, 0.2) is 41.8 Å². The second-order valence-corrected chi connectivity index (χ2v) is 16.2. The molecule has 15 heteroatoms. The Hall–Kier alpha value is -4.92. The summed E-state index contributed by atoms with van der Waals surface area (Å²) in [5, 5.41) is 22.6. The summed E-state index contributed by atoms with van der Waals surface area (Å²) in [6.45, 7) is 4.11. The molecule has 2 aromatic heterocycles. The average molecular weight is 775 g/mol. The second-order valence-electron chi connectivity index (χ2n) is 15.4. The molecular weight excluding hydrogens is 725 g/mol. The Morgan fingerprint density at radius 3 is 2.60 bits per heavy atom. The zero-order chi connectivity index (χ0) is 38.7. The number of ether oxygens (including phenoxy) is 3. The largest absolute Gasteiger partial charge is 0.497 e. The average Bonchev–Trinajstić information content (AvgIpc) is 3.58. The van der Waals surface area contributed by atoms with Crippen LogP contribution in [0.5, 0.6) is 11.5 Å². The predicted molar refractivity (Wildman–Crippen MR) is 207 cm³/mol. The highest BCUT2D eigenvalue weighted by Crippen LogP contribution is 2.45. The molecule has 0 unspecified atom stereocenters. The van der Waals surface area contributed by atoms with Crippen molar-refractivity contribution in [2.45, 2.75) is 120 Å². The molecule has 2 aliphatic carbocycles. The van der Waals surface area contributed by atoms with Crippen molar-refractivity contribution in [1.82, 2.24) is 25.5 Å². The van der Waals surface area contributed by atoms with E-state index in [9.17, 15) is 24.3 Å². The van der Waals surface area contributed by atoms with Crippen LogP contribution < -0.4 is 25.4 Å². The molecule has 4 N–H and O–H groups in total. The molecule has 0 spiro atoms. The minimum Gasteiger partial charge on any atom is -0.497 e. The Kier molecular flexibility index (Phi) is 11.5. The summed E-state index contributed by atoms with van der Waals surface area (Å²) in [5.74, 6) is -1.37. The van der Waals surface area contributed by atoms with Gasteiger partial charge < -0.3 is 40.2 Å². The second kappa shape index (κ2) is 16.4. The lowest BCUT2D eigenvalue weighted by Gasteiger charge is -2.29. The number of nitrogens with one attached hydrogen (secondary N) is 3. The minimum atomic E-state index is -1.45. The van der Waals surface area contributed by atoms with Crippen LogP contribution in [0.2, 0.25) is 0 Å². The normalized spacial score (nSPS) is 26.1. The first-order valence-corrected chi connectivity index (χ1v) is 20.3. The molecule has 3 amide bonds. The van der Waals surface area contributed by atoms with Gasteiger partial charge in [-0.05, 0) is 77.3 Å². The van der Waals surface area contributed by atoms with Gasteiger partial charge in [-0.15, -0.1) is 11.3 Å². The van der Waals surface area contributed by atoms with Crippen LogP contribution in [0.4, 0.5) is 9.93 Å². The molecular formula is C40H50N6O8S. The number of amides is 3. The number of aliphatic carboxylic acids is 1. The number of hydrogen-bond donors (Lipinski definition) is 4. The number of allylic oxidation sites excluding steroid dienone is 1. The lowest BCUT2D eigenvalue weighted by Crippen LogP contribution is -2.56. The number of anilines is 1. The van der Waals surface area contributed by atoms with Gasteiger partial charge in [0.2, 0.25) is 11.8 Å². The number of alkyl carbamates (subject to hydrolysis) is 1. The number of benzene rings is 1. The number of carbonyl (C=O) groups excluding carboxylic acids is 3. The number of rotatable bonds is 9. The van der Waals surface area contributed by atoms with Gasteiger partial charge in [0, 0.05) is 41.3 Å². The maximum atomic E-state index is 14.5. The number of thiazole rings is 1. The van der Waals surface area contributed by atoms with Crippen LogP contribution in [-0.2, 0) is 19.1 Å². The Balaban J connectivity index is 1.20. The molecule has 2 saturated carbocycles. The van der Waals surface area contributed by atoms with Crippen LogP contribution in [0.25, 0.3) is 22.3 Å². The van der Waals surface area contributed by atoms with E-state index in [1.807, 2.05) is 55.6 Å². The fraction of sp³-hybridized carbons (Fsp3) is 0.550. The maximum absolute atomic E-state index is 14.5. The van der Waals surface area contributed by atoms with Crippen molar-refractivity contribution in [2.24, 2.45) is 5.92 Å². The topological polar surface area (TPSA) is 181 Å². The number of carboxylic acid groups (broad SMARTS) is 1. The van der Waals surface area contributed by atoms with Crippen molar-refractivity contribution >= 4 is 51.2 Å². The molecule has 0 radical (unpaired) electrons. The maximum Gasteiger partial charge on any atom is 0.408 e. The van der Waals surface area contributed by atoms with Gasteiger partial charge in [0.1, 0.15) is 47.0 Å². The van der Waals surface area contributed by atoms with E-state index >= 15 is 0 Å². The van der Waals surface area contributed by atoms with Gasteiger partial charge in [-0.2, -0.15) is 0 Å². The van der Waals surface area contributed by atoms with Crippen molar-refractivity contribution in [3.05, 3.63) is 41.8 Å². The third kappa shape index (κ3) is 8.66. The molecule has 4 heterocycles. The number of carboxylic acids is 1. The first-order chi connectivity index (χ1) is 26.5. The number of nitrogens with zero attached hydrogens (tertiary/aromatic N) is 3. The van der Waals surface area contributed by atoms with Crippen molar-refractivity contribution in [3.8, 4) is 22.9 Å². The highest BCUT2D eigenvalue weighted by atomic mass is 32.1. The van der Waals surface area contributed by atoms with Gasteiger partial charge in [0.15, 0.2) is 5.13 Å². The molecule has 4 aliphatic rings. The van der Waals surface area contributed by atoms with Crippen LogP contribution in [0, 0.1) is 5.92 Å². The SMILES string of the molecule is COc1ccc2c(O[C@@H]3C[C@H]4C(=O)N[C@]5(C(=O)O)C[C@@H]5C=CCCCCC[C@H](NC(=O)OC5CCCC5)C(=O)N4C3)cc(-c3csc(NC(C)C)n3)nc2c1. The predicted octanol–water partition coefficient (Wildman–Crippen LogP) is 6.05. The first-order valence-electron chi connectivity index (χ1n) is 19.4. The van der Waals surface area contributed by atoms with E-state index in [1.165, 1.54) is 16.2 Å². The zero-order valence-electron chi connectivity index (χ0n) is 31.5. The fourth-order valence-corrected chi connectivity index (χ4v) is 8.75. The molecule has 5 atom stereocenters. The number of methoxy groups -OCH3 is 1. The standard InChI is InChI=1S/C40H50N6O8S/c1-23(2)41-38-43-32(22-55-38)31-19-34(28-16-15-26(52-3)17-30(28)42-31)53-27-18-33-35(47)45-40(37(49)50)20-24(40)11-7-5-4-6-8-14-29(36(48)46(33)21-27)44-39(51)54-25-12-9-10-13-25/h7,11,15-17,19,22-25,27,29,33H,4-6,8-10,12-14,18,20-21H2,1-3H3,(H,41,43)(H,44,51)(H,45,47)(H,49,50)/t24-,27+,29-,33-,40+/m0/s1. The van der Waals surface area contributed by atoms with E-state index in [-0.39, 0.29) is 37.5 Å². The van der Waals surface area contributed by atoms with E-state index in [0.29, 0.717) is 46.6 Å². The molecule has 3 aromatic rings.